The smallest absolute Gasteiger partial charge is 0.267 e. The highest BCUT2D eigenvalue weighted by Gasteiger charge is 2.15. The molecule has 0 aliphatic carbocycles. The normalized spacial score (nSPS) is 9.90. The number of nitrogens with two attached hydrogens (primary N) is 1. The van der Waals surface area contributed by atoms with Crippen molar-refractivity contribution in [3.63, 3.8) is 0 Å². The summed E-state index contributed by atoms with van der Waals surface area (Å²) in [6.07, 6.45) is 0. The summed E-state index contributed by atoms with van der Waals surface area (Å²) in [5, 5.41) is 3.56. The summed E-state index contributed by atoms with van der Waals surface area (Å²) in [7, 11) is 0. The zero-order valence-corrected chi connectivity index (χ0v) is 12.5. The first-order valence-electron chi connectivity index (χ1n) is 6.25. The van der Waals surface area contributed by atoms with E-state index in [1.165, 1.54) is 29.5 Å². The predicted molar refractivity (Wildman–Crippen MR) is 81.9 cm³/mol. The molecule has 0 aliphatic heterocycles. The molecule has 1 amide bonds. The number of aromatic nitrogens is 1. The van der Waals surface area contributed by atoms with Crippen molar-refractivity contribution < 1.29 is 9.18 Å². The van der Waals surface area contributed by atoms with Crippen molar-refractivity contribution in [1.29, 1.82) is 0 Å². The molecule has 1 heterocycles. The van der Waals surface area contributed by atoms with Gasteiger partial charge in [-0.1, -0.05) is 11.8 Å². The van der Waals surface area contributed by atoms with Crippen LogP contribution in [0, 0.1) is 31.5 Å². The lowest BCUT2D eigenvalue weighted by Crippen LogP contribution is -2.12. The second-order valence-electron chi connectivity index (χ2n) is 4.30. The van der Waals surface area contributed by atoms with Crippen LogP contribution in [-0.2, 0) is 0 Å². The third kappa shape index (κ3) is 3.66. The van der Waals surface area contributed by atoms with Gasteiger partial charge in [-0.15, -0.1) is 11.3 Å². The van der Waals surface area contributed by atoms with Crippen LogP contribution in [0.4, 0.5) is 10.1 Å². The minimum absolute atomic E-state index is 0.164. The van der Waals surface area contributed by atoms with E-state index in [1.807, 2.05) is 6.92 Å². The fraction of sp³-hybridized carbons (Fsp3) is 0.200. The quantitative estimate of drug-likeness (QED) is 0.837. The van der Waals surface area contributed by atoms with Crippen LogP contribution >= 0.6 is 11.3 Å². The van der Waals surface area contributed by atoms with Crippen LogP contribution < -0.4 is 11.1 Å². The molecule has 0 radical (unpaired) electrons. The van der Waals surface area contributed by atoms with Crippen molar-refractivity contribution in [2.24, 2.45) is 5.73 Å². The second-order valence-corrected chi connectivity index (χ2v) is 5.50. The van der Waals surface area contributed by atoms with Gasteiger partial charge in [0.15, 0.2) is 0 Å². The first kappa shape index (κ1) is 15.2. The highest BCUT2D eigenvalue weighted by Crippen LogP contribution is 2.21. The maximum atomic E-state index is 13.3. The molecule has 0 saturated heterocycles. The Balaban J connectivity index is 2.31. The van der Waals surface area contributed by atoms with Crippen LogP contribution in [0.15, 0.2) is 18.2 Å². The van der Waals surface area contributed by atoms with Gasteiger partial charge in [0.2, 0.25) is 0 Å². The van der Waals surface area contributed by atoms with Crippen LogP contribution in [0.2, 0.25) is 0 Å². The van der Waals surface area contributed by atoms with E-state index >= 15 is 0 Å². The Morgan fingerprint density at radius 2 is 2.24 bits per heavy atom. The molecular weight excluding hydrogens is 289 g/mol. The van der Waals surface area contributed by atoms with Gasteiger partial charge in [-0.05, 0) is 32.0 Å². The number of carbonyl (C=O) groups is 1. The number of nitrogens with zero attached hydrogens (tertiary/aromatic N) is 1. The number of halogens is 1. The van der Waals surface area contributed by atoms with Crippen molar-refractivity contribution >= 4 is 22.9 Å². The van der Waals surface area contributed by atoms with E-state index in [-0.39, 0.29) is 12.5 Å². The van der Waals surface area contributed by atoms with E-state index in [0.29, 0.717) is 21.8 Å². The Hall–Kier alpha value is -2.23. The molecule has 21 heavy (non-hydrogen) atoms. The molecule has 108 valence electrons. The highest BCUT2D eigenvalue weighted by atomic mass is 32.1. The molecule has 4 nitrogen and oxygen atoms in total. The van der Waals surface area contributed by atoms with Crippen LogP contribution in [0.1, 0.15) is 25.9 Å². The van der Waals surface area contributed by atoms with Gasteiger partial charge < -0.3 is 11.1 Å². The number of amides is 1. The minimum atomic E-state index is -0.417. The molecule has 1 aromatic heterocycles. The molecule has 0 spiro atoms. The lowest BCUT2D eigenvalue weighted by Gasteiger charge is -2.07. The van der Waals surface area contributed by atoms with Crippen LogP contribution in [0.3, 0.4) is 0 Å². The van der Waals surface area contributed by atoms with Crippen molar-refractivity contribution in [2.45, 2.75) is 13.8 Å². The standard InChI is InChI=1S/C15H14FN3OS/c1-9-14(21-10(2)18-9)15(20)19-13-6-5-12(16)8-11(13)4-3-7-17/h5-6,8H,7,17H2,1-2H3,(H,19,20). The first-order valence-corrected chi connectivity index (χ1v) is 7.06. The van der Waals surface area contributed by atoms with Gasteiger partial charge in [0.25, 0.3) is 5.91 Å². The molecule has 1 aromatic carbocycles. The number of hydrogen-bond acceptors (Lipinski definition) is 4. The Morgan fingerprint density at radius 1 is 1.48 bits per heavy atom. The van der Waals surface area contributed by atoms with Crippen LogP contribution in [0.5, 0.6) is 0 Å². The first-order chi connectivity index (χ1) is 10.0. The van der Waals surface area contributed by atoms with Gasteiger partial charge in [0, 0.05) is 0 Å². The van der Waals surface area contributed by atoms with Crippen LogP contribution in [-0.4, -0.2) is 17.4 Å². The lowest BCUT2D eigenvalue weighted by atomic mass is 10.1. The number of anilines is 1. The van der Waals surface area contributed by atoms with Crippen molar-refractivity contribution in [3.05, 3.63) is 45.2 Å². The molecule has 0 saturated carbocycles. The van der Waals surface area contributed by atoms with Crippen molar-refractivity contribution in [1.82, 2.24) is 4.98 Å². The number of nitrogens with one attached hydrogen (secondary N) is 1. The SMILES string of the molecule is Cc1nc(C)c(C(=O)Nc2ccc(F)cc2C#CCN)s1. The highest BCUT2D eigenvalue weighted by molar-refractivity contribution is 7.13. The van der Waals surface area contributed by atoms with E-state index in [2.05, 4.69) is 22.1 Å². The lowest BCUT2D eigenvalue weighted by molar-refractivity contribution is 0.102. The zero-order chi connectivity index (χ0) is 15.4. The molecule has 2 aromatic rings. The molecule has 0 fully saturated rings. The molecule has 0 aliphatic rings. The van der Waals surface area contributed by atoms with Gasteiger partial charge in [-0.2, -0.15) is 0 Å². The Labute approximate surface area is 126 Å². The predicted octanol–water partition coefficient (Wildman–Crippen LogP) is 2.46. The molecule has 2 rings (SSSR count). The average Bonchev–Trinajstić information content (AvgIpc) is 2.78. The topological polar surface area (TPSA) is 68.0 Å². The van der Waals surface area contributed by atoms with Gasteiger partial charge in [-0.25, -0.2) is 9.37 Å². The summed E-state index contributed by atoms with van der Waals surface area (Å²) in [4.78, 5) is 17.0. The largest absolute Gasteiger partial charge is 0.320 e. The van der Waals surface area contributed by atoms with Crippen molar-refractivity contribution in [3.8, 4) is 11.8 Å². The molecule has 0 atom stereocenters. The Morgan fingerprint density at radius 3 is 2.86 bits per heavy atom. The van der Waals surface area contributed by atoms with E-state index in [4.69, 9.17) is 5.73 Å². The summed E-state index contributed by atoms with van der Waals surface area (Å²) in [5.74, 6) is 4.70. The van der Waals surface area contributed by atoms with E-state index < -0.39 is 5.82 Å². The maximum Gasteiger partial charge on any atom is 0.267 e. The number of rotatable bonds is 2. The molecular formula is C15H14FN3OS. The summed E-state index contributed by atoms with van der Waals surface area (Å²) >= 11 is 1.32. The zero-order valence-electron chi connectivity index (χ0n) is 11.7. The summed E-state index contributed by atoms with van der Waals surface area (Å²) in [5.41, 5.74) is 6.84. The van der Waals surface area contributed by atoms with Gasteiger partial charge in [-0.3, -0.25) is 4.79 Å². The number of hydrogen-bond donors (Lipinski definition) is 2. The Kier molecular flexibility index (Phi) is 4.68. The van der Waals surface area contributed by atoms with E-state index in [1.54, 1.807) is 6.92 Å². The number of benzene rings is 1. The average molecular weight is 303 g/mol. The molecule has 0 unspecified atom stereocenters. The van der Waals surface area contributed by atoms with Gasteiger partial charge in [0.05, 0.1) is 28.5 Å². The van der Waals surface area contributed by atoms with E-state index in [9.17, 15) is 9.18 Å². The number of aryl methyl sites for hydroxylation is 2. The fourth-order valence-electron chi connectivity index (χ4n) is 1.80. The maximum absolute atomic E-state index is 13.3. The van der Waals surface area contributed by atoms with E-state index in [0.717, 1.165) is 5.01 Å². The minimum Gasteiger partial charge on any atom is -0.320 e. The number of carbonyl (C=O) groups excluding carboxylic acids is 1. The number of thiazole rings is 1. The third-order valence-electron chi connectivity index (χ3n) is 2.66. The summed E-state index contributed by atoms with van der Waals surface area (Å²) in [6, 6.07) is 4.02. The second kappa shape index (κ2) is 6.48. The van der Waals surface area contributed by atoms with Crippen molar-refractivity contribution in [2.75, 3.05) is 11.9 Å². The van der Waals surface area contributed by atoms with Gasteiger partial charge in [0.1, 0.15) is 10.7 Å². The summed E-state index contributed by atoms with van der Waals surface area (Å²) in [6.45, 7) is 3.78. The fourth-order valence-corrected chi connectivity index (χ4v) is 2.61. The molecule has 6 heteroatoms. The Bertz CT molecular complexity index is 743. The monoisotopic (exact) mass is 303 g/mol. The van der Waals surface area contributed by atoms with Crippen LogP contribution in [0.25, 0.3) is 0 Å². The van der Waals surface area contributed by atoms with Gasteiger partial charge >= 0.3 is 0 Å². The molecule has 3 N–H and O–H groups in total. The third-order valence-corrected chi connectivity index (χ3v) is 3.74. The molecule has 0 bridgehead atoms. The summed E-state index contributed by atoms with van der Waals surface area (Å²) < 4.78 is 13.3.